The lowest BCUT2D eigenvalue weighted by atomic mass is 9.94. The van der Waals surface area contributed by atoms with Gasteiger partial charge in [-0.25, -0.2) is 0 Å². The van der Waals surface area contributed by atoms with Crippen LogP contribution in [0.2, 0.25) is 0 Å². The van der Waals surface area contributed by atoms with Crippen molar-refractivity contribution in [2.75, 3.05) is 13.1 Å². The van der Waals surface area contributed by atoms with Gasteiger partial charge in [0.05, 0.1) is 4.88 Å². The van der Waals surface area contributed by atoms with Gasteiger partial charge in [0.1, 0.15) is 12.1 Å². The largest absolute Gasteiger partial charge is 0.399 e. The van der Waals surface area contributed by atoms with Gasteiger partial charge in [-0.1, -0.05) is 12.1 Å². The number of hydrogen-bond acceptors (Lipinski definition) is 6. The lowest BCUT2D eigenvalue weighted by molar-refractivity contribution is -0.151. The second kappa shape index (κ2) is 10.2. The number of benzene rings is 1. The fourth-order valence-corrected chi connectivity index (χ4v) is 7.37. The summed E-state index contributed by atoms with van der Waals surface area (Å²) in [6.45, 7) is 1.10. The minimum Gasteiger partial charge on any atom is -0.340 e. The zero-order chi connectivity index (χ0) is 29.1. The molecule has 3 N–H and O–H groups in total. The van der Waals surface area contributed by atoms with E-state index in [-0.39, 0.29) is 34.0 Å². The predicted octanol–water partition coefficient (Wildman–Crippen LogP) is 3.40. The molecule has 3 aromatic rings. The average Bonchev–Trinajstić information content (AvgIpc) is 3.54. The van der Waals surface area contributed by atoms with Crippen LogP contribution in [-0.2, 0) is 19.8 Å². The van der Waals surface area contributed by atoms with Crippen LogP contribution in [0.25, 0.3) is 10.1 Å². The number of amides is 3. The Balaban J connectivity index is 1.12. The summed E-state index contributed by atoms with van der Waals surface area (Å²) in [5.41, 5.74) is -4.28. The number of likely N-dealkylation sites (tertiary alicyclic amines) is 1. The molecule has 6 rings (SSSR count). The molecule has 0 aliphatic carbocycles. The molecule has 1 aromatic carbocycles. The molecule has 2 aromatic heterocycles. The lowest BCUT2D eigenvalue weighted by Gasteiger charge is -2.43. The average molecular weight is 605 g/mol. The maximum atomic E-state index is 14.2. The Kier molecular flexibility index (Phi) is 6.96. The molecular formula is C27H27F2N4O6PS. The summed E-state index contributed by atoms with van der Waals surface area (Å²) in [7, 11) is -5.74. The van der Waals surface area contributed by atoms with E-state index in [0.717, 1.165) is 35.6 Å². The Morgan fingerprint density at radius 1 is 1.07 bits per heavy atom. The first-order valence-corrected chi connectivity index (χ1v) is 15.7. The number of nitrogens with zero attached hydrogens (tertiary/aromatic N) is 3. The number of hydrogen-bond donors (Lipinski definition) is 3. The van der Waals surface area contributed by atoms with Gasteiger partial charge >= 0.3 is 13.3 Å². The molecule has 3 atom stereocenters. The van der Waals surface area contributed by atoms with Crippen molar-refractivity contribution in [3.05, 3.63) is 64.8 Å². The number of piperidine rings is 1. The standard InChI is InChI=1S/C27H27F2N4O6PS/c28-27(29,40(37,38)39)17-4-9-22-15(11-17)12-23(41-22)24(34)31-20-7-5-18-6-8-21(33(18)25(20)35)26(36)32-13-16(14-32)19-3-1-2-10-30-19/h1-4,9-12,16,18,20-21H,5-8,13-14H2,(H,31,34)(H2,37,38,39)/t18-,20-,21-/m0/s1. The molecule has 0 radical (unpaired) electrons. The van der Waals surface area contributed by atoms with E-state index < -0.39 is 36.8 Å². The number of carbonyl (C=O) groups excluding carboxylic acids is 3. The molecule has 3 fully saturated rings. The van der Waals surface area contributed by atoms with Crippen molar-refractivity contribution < 1.29 is 37.5 Å². The number of alkyl halides is 2. The van der Waals surface area contributed by atoms with E-state index >= 15 is 0 Å². The molecule has 14 heteroatoms. The zero-order valence-electron chi connectivity index (χ0n) is 21.7. The summed E-state index contributed by atoms with van der Waals surface area (Å²) in [6.07, 6.45) is 4.08. The summed E-state index contributed by atoms with van der Waals surface area (Å²) in [6, 6.07) is 8.74. The van der Waals surface area contributed by atoms with E-state index in [1.165, 1.54) is 12.1 Å². The minimum atomic E-state index is -5.74. The van der Waals surface area contributed by atoms with Crippen LogP contribution in [-0.4, -0.2) is 73.5 Å². The highest BCUT2D eigenvalue weighted by molar-refractivity contribution is 7.52. The molecule has 0 unspecified atom stereocenters. The highest BCUT2D eigenvalue weighted by atomic mass is 32.1. The minimum absolute atomic E-state index is 0.0593. The first-order valence-electron chi connectivity index (χ1n) is 13.2. The van der Waals surface area contributed by atoms with Crippen molar-refractivity contribution in [2.24, 2.45) is 0 Å². The molecule has 3 aliphatic rings. The van der Waals surface area contributed by atoms with Crippen LogP contribution >= 0.6 is 18.9 Å². The molecular weight excluding hydrogens is 577 g/mol. The van der Waals surface area contributed by atoms with Crippen molar-refractivity contribution in [2.45, 2.75) is 55.4 Å². The van der Waals surface area contributed by atoms with E-state index in [9.17, 15) is 27.7 Å². The maximum Gasteiger partial charge on any atom is 0.399 e. The Morgan fingerprint density at radius 3 is 2.54 bits per heavy atom. The maximum absolute atomic E-state index is 14.2. The number of nitrogens with one attached hydrogen (secondary N) is 1. The SMILES string of the molecule is O=C(N[C@H]1CC[C@H]2CC[C@@H](C(=O)N3CC(c4ccccn4)C3)N2C1=O)c1cc2cc(C(F)(F)P(=O)(O)O)ccc2s1. The molecule has 41 heavy (non-hydrogen) atoms. The molecule has 0 spiro atoms. The number of carbonyl (C=O) groups is 3. The third kappa shape index (κ3) is 4.94. The van der Waals surface area contributed by atoms with Gasteiger partial charge < -0.3 is 24.9 Å². The number of pyridine rings is 1. The Bertz CT molecular complexity index is 1570. The van der Waals surface area contributed by atoms with Crippen LogP contribution in [0.3, 0.4) is 0 Å². The summed E-state index contributed by atoms with van der Waals surface area (Å²) in [5, 5.41) is 2.97. The van der Waals surface area contributed by atoms with E-state index in [4.69, 9.17) is 9.79 Å². The smallest absolute Gasteiger partial charge is 0.340 e. The van der Waals surface area contributed by atoms with E-state index in [2.05, 4.69) is 10.3 Å². The Labute approximate surface area is 237 Å². The normalized spacial score (nSPS) is 23.4. The highest BCUT2D eigenvalue weighted by Crippen LogP contribution is 2.59. The van der Waals surface area contributed by atoms with Crippen LogP contribution in [0.1, 0.15) is 52.5 Å². The van der Waals surface area contributed by atoms with Gasteiger partial charge in [-0.2, -0.15) is 8.78 Å². The van der Waals surface area contributed by atoms with Crippen LogP contribution in [0.15, 0.2) is 48.7 Å². The molecule has 216 valence electrons. The second-order valence-corrected chi connectivity index (χ2v) is 13.5. The first-order chi connectivity index (χ1) is 19.4. The van der Waals surface area contributed by atoms with Gasteiger partial charge in [0.15, 0.2) is 0 Å². The molecule has 3 saturated heterocycles. The van der Waals surface area contributed by atoms with Gasteiger partial charge in [0.25, 0.3) is 5.91 Å². The number of fused-ring (bicyclic) bond motifs is 2. The quantitative estimate of drug-likeness (QED) is 0.367. The molecule has 3 aliphatic heterocycles. The van der Waals surface area contributed by atoms with Gasteiger partial charge in [-0.05, 0) is 61.4 Å². The third-order valence-electron chi connectivity index (χ3n) is 8.19. The van der Waals surface area contributed by atoms with Crippen LogP contribution < -0.4 is 5.32 Å². The molecule has 5 heterocycles. The Hall–Kier alpha value is -3.25. The van der Waals surface area contributed by atoms with Crippen LogP contribution in [0.4, 0.5) is 8.78 Å². The van der Waals surface area contributed by atoms with Crippen molar-refractivity contribution in [1.82, 2.24) is 20.1 Å². The summed E-state index contributed by atoms with van der Waals surface area (Å²) in [4.78, 5) is 65.9. The van der Waals surface area contributed by atoms with Gasteiger partial charge in [0.2, 0.25) is 11.8 Å². The number of rotatable bonds is 6. The van der Waals surface area contributed by atoms with E-state index in [1.807, 2.05) is 18.2 Å². The predicted molar refractivity (Wildman–Crippen MR) is 145 cm³/mol. The van der Waals surface area contributed by atoms with Crippen molar-refractivity contribution in [1.29, 1.82) is 0 Å². The number of aromatic nitrogens is 1. The fraction of sp³-hybridized carbons (Fsp3) is 0.407. The highest BCUT2D eigenvalue weighted by Gasteiger charge is 2.51. The number of halogens is 2. The van der Waals surface area contributed by atoms with Gasteiger partial charge in [-0.3, -0.25) is 23.9 Å². The van der Waals surface area contributed by atoms with Gasteiger partial charge in [-0.15, -0.1) is 11.3 Å². The van der Waals surface area contributed by atoms with Crippen molar-refractivity contribution in [3.8, 4) is 0 Å². The molecule has 10 nitrogen and oxygen atoms in total. The fourth-order valence-electron chi connectivity index (χ4n) is 5.95. The first kappa shape index (κ1) is 27.9. The van der Waals surface area contributed by atoms with E-state index in [1.54, 1.807) is 16.0 Å². The number of thiophene rings is 1. The van der Waals surface area contributed by atoms with Gasteiger partial charge in [0, 0.05) is 47.2 Å². The van der Waals surface area contributed by atoms with Crippen molar-refractivity contribution in [3.63, 3.8) is 0 Å². The van der Waals surface area contributed by atoms with Crippen LogP contribution in [0, 0.1) is 0 Å². The molecule has 0 saturated carbocycles. The Morgan fingerprint density at radius 2 is 1.83 bits per heavy atom. The zero-order valence-corrected chi connectivity index (χ0v) is 23.4. The van der Waals surface area contributed by atoms with Crippen LogP contribution in [0.5, 0.6) is 0 Å². The monoisotopic (exact) mass is 604 g/mol. The molecule has 3 amide bonds. The molecule has 0 bridgehead atoms. The summed E-state index contributed by atoms with van der Waals surface area (Å²) >= 11 is 1.02. The topological polar surface area (TPSA) is 140 Å². The summed E-state index contributed by atoms with van der Waals surface area (Å²) < 4.78 is 40.1. The van der Waals surface area contributed by atoms with Crippen molar-refractivity contribution >= 4 is 46.7 Å². The van der Waals surface area contributed by atoms with E-state index in [0.29, 0.717) is 37.1 Å². The third-order valence-corrected chi connectivity index (χ3v) is 10.3. The summed E-state index contributed by atoms with van der Waals surface area (Å²) in [5.74, 6) is -0.791. The second-order valence-electron chi connectivity index (χ2n) is 10.7. The lowest BCUT2D eigenvalue weighted by Crippen LogP contribution is -2.61.